The molecular weight excluding hydrogens is 248 g/mol. The zero-order valence-electron chi connectivity index (χ0n) is 13.6. The Morgan fingerprint density at radius 3 is 2.00 bits per heavy atom. The predicted molar refractivity (Wildman–Crippen MR) is 88.0 cm³/mol. The molecule has 0 fully saturated rings. The lowest BCUT2D eigenvalue weighted by Crippen LogP contribution is -2.16. The van der Waals surface area contributed by atoms with Crippen molar-refractivity contribution in [2.75, 3.05) is 0 Å². The van der Waals surface area contributed by atoms with E-state index >= 15 is 0 Å². The van der Waals surface area contributed by atoms with E-state index in [2.05, 4.69) is 24.4 Å². The number of hydrogen-bond donors (Lipinski definition) is 1. The van der Waals surface area contributed by atoms with Gasteiger partial charge in [-0.15, -0.1) is 0 Å². The fourth-order valence-corrected chi connectivity index (χ4v) is 2.13. The summed E-state index contributed by atoms with van der Waals surface area (Å²) in [5.41, 5.74) is 2.60. The minimum Gasteiger partial charge on any atom is -0.273 e. The van der Waals surface area contributed by atoms with Crippen molar-refractivity contribution in [1.29, 1.82) is 0 Å². The standard InChI is InChI=1S/C17H34N2O/c1-3-5-7-8-9-10-11-12-13-15-17(20)19-18-16-14-6-4-2/h16H,3-15H2,1-2H3,(H,19,20). The highest BCUT2D eigenvalue weighted by Crippen LogP contribution is 2.10. The Kier molecular flexibility index (Phi) is 15.5. The summed E-state index contributed by atoms with van der Waals surface area (Å²) in [6, 6.07) is 0. The van der Waals surface area contributed by atoms with Crippen LogP contribution in [0.2, 0.25) is 0 Å². The third kappa shape index (κ3) is 15.2. The Bertz CT molecular complexity index is 239. The van der Waals surface area contributed by atoms with Crippen LogP contribution in [0.1, 0.15) is 97.3 Å². The molecule has 0 aromatic carbocycles. The summed E-state index contributed by atoms with van der Waals surface area (Å²) in [5.74, 6) is 0.0562. The van der Waals surface area contributed by atoms with Crippen LogP contribution in [0.4, 0.5) is 0 Å². The number of carbonyl (C=O) groups excluding carboxylic acids is 1. The maximum Gasteiger partial charge on any atom is 0.240 e. The molecule has 0 saturated carbocycles. The third-order valence-corrected chi connectivity index (χ3v) is 3.47. The number of rotatable bonds is 14. The van der Waals surface area contributed by atoms with E-state index in [-0.39, 0.29) is 5.91 Å². The van der Waals surface area contributed by atoms with Crippen molar-refractivity contribution in [3.8, 4) is 0 Å². The van der Waals surface area contributed by atoms with Gasteiger partial charge in [-0.1, -0.05) is 71.6 Å². The number of carbonyl (C=O) groups is 1. The van der Waals surface area contributed by atoms with Crippen LogP contribution in [-0.4, -0.2) is 12.1 Å². The molecule has 0 radical (unpaired) electrons. The SMILES string of the molecule is CCCCC=NNC(=O)CCCCCCCCCCC. The van der Waals surface area contributed by atoms with Crippen molar-refractivity contribution in [3.63, 3.8) is 0 Å². The molecule has 0 rings (SSSR count). The van der Waals surface area contributed by atoms with Crippen LogP contribution in [0.3, 0.4) is 0 Å². The van der Waals surface area contributed by atoms with Crippen molar-refractivity contribution >= 4 is 12.1 Å². The first-order chi connectivity index (χ1) is 9.81. The lowest BCUT2D eigenvalue weighted by molar-refractivity contribution is -0.121. The highest BCUT2D eigenvalue weighted by molar-refractivity contribution is 5.76. The lowest BCUT2D eigenvalue weighted by atomic mass is 10.1. The van der Waals surface area contributed by atoms with Crippen molar-refractivity contribution in [2.24, 2.45) is 5.10 Å². The summed E-state index contributed by atoms with van der Waals surface area (Å²) >= 11 is 0. The number of hydrazone groups is 1. The maximum absolute atomic E-state index is 11.5. The van der Waals surface area contributed by atoms with E-state index < -0.39 is 0 Å². The Balaban J connectivity index is 3.21. The van der Waals surface area contributed by atoms with Crippen molar-refractivity contribution in [3.05, 3.63) is 0 Å². The molecule has 0 unspecified atom stereocenters. The minimum atomic E-state index is 0.0562. The molecule has 0 aromatic heterocycles. The molecule has 1 amide bonds. The van der Waals surface area contributed by atoms with Gasteiger partial charge in [0.1, 0.15) is 0 Å². The normalized spacial score (nSPS) is 11.1. The maximum atomic E-state index is 11.5. The summed E-state index contributed by atoms with van der Waals surface area (Å²) in [6.07, 6.45) is 17.2. The molecule has 0 spiro atoms. The first-order valence-electron chi connectivity index (χ1n) is 8.61. The number of amides is 1. The molecule has 0 aromatic rings. The Labute approximate surface area is 125 Å². The monoisotopic (exact) mass is 282 g/mol. The second-order valence-electron chi connectivity index (χ2n) is 5.57. The molecule has 0 bridgehead atoms. The van der Waals surface area contributed by atoms with E-state index in [1.807, 2.05) is 0 Å². The highest BCUT2D eigenvalue weighted by atomic mass is 16.2. The average molecular weight is 282 g/mol. The second kappa shape index (κ2) is 16.2. The van der Waals surface area contributed by atoms with Crippen molar-refractivity contribution in [1.82, 2.24) is 5.43 Å². The molecule has 0 aliphatic carbocycles. The number of unbranched alkanes of at least 4 members (excludes halogenated alkanes) is 10. The van der Waals surface area contributed by atoms with Gasteiger partial charge in [0.2, 0.25) is 5.91 Å². The number of hydrogen-bond acceptors (Lipinski definition) is 2. The summed E-state index contributed by atoms with van der Waals surface area (Å²) < 4.78 is 0. The summed E-state index contributed by atoms with van der Waals surface area (Å²) in [7, 11) is 0. The molecule has 0 aliphatic rings. The molecule has 20 heavy (non-hydrogen) atoms. The Morgan fingerprint density at radius 1 is 0.850 bits per heavy atom. The Hall–Kier alpha value is -0.860. The molecule has 0 heterocycles. The van der Waals surface area contributed by atoms with E-state index in [0.717, 1.165) is 19.3 Å². The molecule has 3 heteroatoms. The van der Waals surface area contributed by atoms with E-state index in [9.17, 15) is 4.79 Å². The van der Waals surface area contributed by atoms with Crippen LogP contribution < -0.4 is 5.43 Å². The largest absolute Gasteiger partial charge is 0.273 e. The van der Waals surface area contributed by atoms with Crippen LogP contribution in [-0.2, 0) is 4.79 Å². The van der Waals surface area contributed by atoms with Crippen LogP contribution in [0, 0.1) is 0 Å². The zero-order valence-corrected chi connectivity index (χ0v) is 13.6. The third-order valence-electron chi connectivity index (χ3n) is 3.47. The fraction of sp³-hybridized carbons (Fsp3) is 0.882. The van der Waals surface area contributed by atoms with E-state index in [1.165, 1.54) is 57.8 Å². The van der Waals surface area contributed by atoms with E-state index in [1.54, 1.807) is 6.21 Å². The van der Waals surface area contributed by atoms with Gasteiger partial charge in [-0.05, 0) is 19.3 Å². The summed E-state index contributed by atoms with van der Waals surface area (Å²) in [5, 5.41) is 3.94. The second-order valence-corrected chi connectivity index (χ2v) is 5.57. The molecule has 0 aliphatic heterocycles. The number of nitrogens with zero attached hydrogens (tertiary/aromatic N) is 1. The van der Waals surface area contributed by atoms with E-state index in [0.29, 0.717) is 6.42 Å². The molecular formula is C17H34N2O. The van der Waals surface area contributed by atoms with Gasteiger partial charge in [0.05, 0.1) is 0 Å². The quantitative estimate of drug-likeness (QED) is 0.265. The zero-order chi connectivity index (χ0) is 14.9. The van der Waals surface area contributed by atoms with Gasteiger partial charge in [-0.3, -0.25) is 4.79 Å². The van der Waals surface area contributed by atoms with Crippen LogP contribution in [0.15, 0.2) is 5.10 Å². The van der Waals surface area contributed by atoms with Gasteiger partial charge < -0.3 is 0 Å². The molecule has 0 saturated heterocycles. The predicted octanol–water partition coefficient (Wildman–Crippen LogP) is 5.20. The van der Waals surface area contributed by atoms with Crippen LogP contribution >= 0.6 is 0 Å². The van der Waals surface area contributed by atoms with Crippen LogP contribution in [0.25, 0.3) is 0 Å². The molecule has 0 atom stereocenters. The first kappa shape index (κ1) is 19.1. The molecule has 3 nitrogen and oxygen atoms in total. The number of nitrogens with one attached hydrogen (secondary N) is 1. The average Bonchev–Trinajstić information content (AvgIpc) is 2.45. The van der Waals surface area contributed by atoms with Crippen molar-refractivity contribution < 1.29 is 4.79 Å². The van der Waals surface area contributed by atoms with Gasteiger partial charge >= 0.3 is 0 Å². The fourth-order valence-electron chi connectivity index (χ4n) is 2.13. The highest BCUT2D eigenvalue weighted by Gasteiger charge is 1.99. The molecule has 1 N–H and O–H groups in total. The first-order valence-corrected chi connectivity index (χ1v) is 8.61. The van der Waals surface area contributed by atoms with Gasteiger partial charge in [-0.2, -0.15) is 5.10 Å². The van der Waals surface area contributed by atoms with Crippen LogP contribution in [0.5, 0.6) is 0 Å². The van der Waals surface area contributed by atoms with Crippen molar-refractivity contribution in [2.45, 2.75) is 97.3 Å². The topological polar surface area (TPSA) is 41.5 Å². The van der Waals surface area contributed by atoms with Gasteiger partial charge in [0.25, 0.3) is 0 Å². The van der Waals surface area contributed by atoms with Gasteiger partial charge in [0, 0.05) is 12.6 Å². The summed E-state index contributed by atoms with van der Waals surface area (Å²) in [6.45, 7) is 4.40. The van der Waals surface area contributed by atoms with Gasteiger partial charge in [-0.25, -0.2) is 5.43 Å². The summed E-state index contributed by atoms with van der Waals surface area (Å²) in [4.78, 5) is 11.5. The van der Waals surface area contributed by atoms with Gasteiger partial charge in [0.15, 0.2) is 0 Å². The lowest BCUT2D eigenvalue weighted by Gasteiger charge is -2.02. The Morgan fingerprint density at radius 2 is 1.40 bits per heavy atom. The minimum absolute atomic E-state index is 0.0562. The smallest absolute Gasteiger partial charge is 0.240 e. The van der Waals surface area contributed by atoms with E-state index in [4.69, 9.17) is 0 Å². The molecule has 118 valence electrons.